The summed E-state index contributed by atoms with van der Waals surface area (Å²) in [5.41, 5.74) is 0.461. The van der Waals surface area contributed by atoms with E-state index in [4.69, 9.17) is 9.15 Å². The van der Waals surface area contributed by atoms with Crippen molar-refractivity contribution in [2.45, 2.75) is 33.2 Å². The van der Waals surface area contributed by atoms with Crippen LogP contribution in [0.25, 0.3) is 11.0 Å². The highest BCUT2D eigenvalue weighted by atomic mass is 16.5. The second kappa shape index (κ2) is 9.22. The van der Waals surface area contributed by atoms with Gasteiger partial charge in [-0.25, -0.2) is 4.79 Å². The first-order valence-electron chi connectivity index (χ1n) is 9.01. The van der Waals surface area contributed by atoms with Gasteiger partial charge in [0, 0.05) is 11.5 Å². The van der Waals surface area contributed by atoms with Crippen LogP contribution in [0.3, 0.4) is 0 Å². The molecule has 0 aliphatic carbocycles. The van der Waals surface area contributed by atoms with Crippen molar-refractivity contribution in [3.8, 4) is 5.75 Å². The van der Waals surface area contributed by atoms with Gasteiger partial charge >= 0.3 is 5.63 Å². The van der Waals surface area contributed by atoms with Gasteiger partial charge in [0.2, 0.25) is 11.8 Å². The van der Waals surface area contributed by atoms with E-state index in [1.165, 1.54) is 7.11 Å². The summed E-state index contributed by atoms with van der Waals surface area (Å²) in [7, 11) is 1.50. The van der Waals surface area contributed by atoms with Gasteiger partial charge in [0.05, 0.1) is 37.6 Å². The molecule has 1 atom stereocenters. The Bertz CT molecular complexity index is 994. The summed E-state index contributed by atoms with van der Waals surface area (Å²) in [6, 6.07) is 3.87. The number of hydrogen-bond donors (Lipinski definition) is 2. The number of rotatable bonds is 8. The lowest BCUT2D eigenvalue weighted by Crippen LogP contribution is -2.53. The third-order valence-corrected chi connectivity index (χ3v) is 4.52. The summed E-state index contributed by atoms with van der Waals surface area (Å²) < 4.78 is 10.4. The molecule has 2 rings (SSSR count). The van der Waals surface area contributed by atoms with Gasteiger partial charge in [-0.2, -0.15) is 0 Å². The zero-order chi connectivity index (χ0) is 21.7. The number of aryl methyl sites for hydroxylation is 1. The molecule has 1 heterocycles. The fourth-order valence-corrected chi connectivity index (χ4v) is 2.83. The lowest BCUT2D eigenvalue weighted by molar-refractivity contribution is -0.309. The van der Waals surface area contributed by atoms with Crippen LogP contribution >= 0.6 is 0 Å². The van der Waals surface area contributed by atoms with E-state index in [9.17, 15) is 24.3 Å². The molecule has 29 heavy (non-hydrogen) atoms. The smallest absolute Gasteiger partial charge is 0.340 e. The van der Waals surface area contributed by atoms with Gasteiger partial charge in [0.1, 0.15) is 11.3 Å². The average Bonchev–Trinajstić information content (AvgIpc) is 2.66. The molecule has 1 aromatic heterocycles. The number of hydrogen-bond acceptors (Lipinski definition) is 7. The van der Waals surface area contributed by atoms with Crippen molar-refractivity contribution in [3.05, 3.63) is 39.7 Å². The number of fused-ring (bicyclic) bond motifs is 1. The molecule has 0 fully saturated rings. The number of aliphatic carboxylic acids is 1. The first-order valence-corrected chi connectivity index (χ1v) is 9.01. The minimum Gasteiger partial charge on any atom is -0.548 e. The molecular formula is C20H23N2O7-. The predicted octanol–water partition coefficient (Wildman–Crippen LogP) is -0.341. The molecule has 0 spiro atoms. The predicted molar refractivity (Wildman–Crippen MR) is 102 cm³/mol. The highest BCUT2D eigenvalue weighted by Gasteiger charge is 2.19. The molecule has 0 aliphatic heterocycles. The van der Waals surface area contributed by atoms with Crippen molar-refractivity contribution in [2.75, 3.05) is 13.7 Å². The average molecular weight is 403 g/mol. The van der Waals surface area contributed by atoms with Crippen LogP contribution in [-0.4, -0.2) is 37.5 Å². The second-order valence-electron chi connectivity index (χ2n) is 6.92. The van der Waals surface area contributed by atoms with Crippen LogP contribution in [0.4, 0.5) is 0 Å². The molecule has 156 valence electrons. The van der Waals surface area contributed by atoms with Crippen molar-refractivity contribution in [3.63, 3.8) is 0 Å². The van der Waals surface area contributed by atoms with Crippen LogP contribution < -0.4 is 26.1 Å². The van der Waals surface area contributed by atoms with E-state index in [0.717, 1.165) is 0 Å². The van der Waals surface area contributed by atoms with Crippen LogP contribution in [0, 0.1) is 12.8 Å². The maximum absolute atomic E-state index is 12.3. The minimum absolute atomic E-state index is 0.176. The Balaban J connectivity index is 2.07. The number of carboxylic acid groups (broad SMARTS) is 1. The molecule has 0 saturated heterocycles. The quantitative estimate of drug-likeness (QED) is 0.575. The molecular weight excluding hydrogens is 380 g/mol. The molecule has 2 amide bonds. The summed E-state index contributed by atoms with van der Waals surface area (Å²) in [6.07, 6.45) is -0.280. The summed E-state index contributed by atoms with van der Waals surface area (Å²) in [5, 5.41) is 16.3. The Kier molecular flexibility index (Phi) is 6.98. The summed E-state index contributed by atoms with van der Waals surface area (Å²) in [4.78, 5) is 47.4. The zero-order valence-corrected chi connectivity index (χ0v) is 16.7. The van der Waals surface area contributed by atoms with Gasteiger partial charge in [-0.3, -0.25) is 9.59 Å². The lowest BCUT2D eigenvalue weighted by Gasteiger charge is -2.23. The maximum atomic E-state index is 12.3. The SMILES string of the molecule is COc1ccc2c(C)c(CC(=O)NCC(=O)N[C@H](C(=O)[O-])C(C)C)c(=O)oc2c1. The van der Waals surface area contributed by atoms with Crippen molar-refractivity contribution in [2.24, 2.45) is 5.92 Å². The van der Waals surface area contributed by atoms with E-state index in [-0.39, 0.29) is 17.9 Å². The van der Waals surface area contributed by atoms with E-state index < -0.39 is 36.0 Å². The number of carbonyl (C=O) groups excluding carboxylic acids is 3. The van der Waals surface area contributed by atoms with Crippen molar-refractivity contribution >= 4 is 28.8 Å². The third kappa shape index (κ3) is 5.34. The molecule has 0 radical (unpaired) electrons. The van der Waals surface area contributed by atoms with E-state index >= 15 is 0 Å². The van der Waals surface area contributed by atoms with Gasteiger partial charge in [0.15, 0.2) is 0 Å². The van der Waals surface area contributed by atoms with Gasteiger partial charge in [-0.05, 0) is 30.5 Å². The van der Waals surface area contributed by atoms with Crippen LogP contribution in [-0.2, 0) is 20.8 Å². The number of benzene rings is 1. The molecule has 9 nitrogen and oxygen atoms in total. The normalized spacial score (nSPS) is 11.9. The van der Waals surface area contributed by atoms with Gasteiger partial charge in [0.25, 0.3) is 0 Å². The second-order valence-corrected chi connectivity index (χ2v) is 6.92. The number of ether oxygens (including phenoxy) is 1. The Hall–Kier alpha value is -3.36. The van der Waals surface area contributed by atoms with E-state index in [0.29, 0.717) is 22.3 Å². The molecule has 0 saturated carbocycles. The monoisotopic (exact) mass is 403 g/mol. The van der Waals surface area contributed by atoms with Gasteiger partial charge < -0.3 is 29.7 Å². The molecule has 9 heteroatoms. The highest BCUT2D eigenvalue weighted by Crippen LogP contribution is 2.24. The van der Waals surface area contributed by atoms with E-state index in [2.05, 4.69) is 10.6 Å². The lowest BCUT2D eigenvalue weighted by atomic mass is 10.0. The first kappa shape index (κ1) is 21.9. The Morgan fingerprint density at radius 3 is 2.48 bits per heavy atom. The van der Waals surface area contributed by atoms with Crippen LogP contribution in [0.2, 0.25) is 0 Å². The Morgan fingerprint density at radius 1 is 1.21 bits per heavy atom. The number of carboxylic acids is 1. The number of nitrogens with one attached hydrogen (secondary N) is 2. The molecule has 1 aromatic carbocycles. The summed E-state index contributed by atoms with van der Waals surface area (Å²) in [6.45, 7) is 4.52. The van der Waals surface area contributed by atoms with Crippen LogP contribution in [0.5, 0.6) is 5.75 Å². The minimum atomic E-state index is -1.40. The van der Waals surface area contributed by atoms with Crippen molar-refractivity contribution in [1.29, 1.82) is 0 Å². The highest BCUT2D eigenvalue weighted by molar-refractivity contribution is 5.89. The molecule has 2 aromatic rings. The summed E-state index contributed by atoms with van der Waals surface area (Å²) >= 11 is 0. The fraction of sp³-hybridized carbons (Fsp3) is 0.400. The van der Waals surface area contributed by atoms with Crippen LogP contribution in [0.1, 0.15) is 25.0 Å². The molecule has 0 unspecified atom stereocenters. The van der Waals surface area contributed by atoms with E-state index in [1.54, 1.807) is 39.0 Å². The van der Waals surface area contributed by atoms with Crippen LogP contribution in [0.15, 0.2) is 27.4 Å². The first-order chi connectivity index (χ1) is 13.6. The van der Waals surface area contributed by atoms with Crippen molar-refractivity contribution in [1.82, 2.24) is 10.6 Å². The number of amides is 2. The third-order valence-electron chi connectivity index (χ3n) is 4.52. The molecule has 0 bridgehead atoms. The zero-order valence-electron chi connectivity index (χ0n) is 16.7. The number of methoxy groups -OCH3 is 1. The van der Waals surface area contributed by atoms with Gasteiger partial charge in [-0.1, -0.05) is 13.8 Å². The topological polar surface area (TPSA) is 138 Å². The Labute approximate surface area is 167 Å². The standard InChI is InChI=1S/C20H24N2O7/c1-10(2)18(19(25)26)22-17(24)9-21-16(23)8-14-11(3)13-6-5-12(28-4)7-15(13)29-20(14)27/h5-7,10,18H,8-9H2,1-4H3,(H,21,23)(H,22,24)(H,25,26)/p-1/t18-/m0/s1. The Morgan fingerprint density at radius 2 is 1.90 bits per heavy atom. The maximum Gasteiger partial charge on any atom is 0.340 e. The summed E-state index contributed by atoms with van der Waals surface area (Å²) in [5.74, 6) is -2.48. The number of carbonyl (C=O) groups is 3. The largest absolute Gasteiger partial charge is 0.548 e. The van der Waals surface area contributed by atoms with Crippen molar-refractivity contribution < 1.29 is 28.6 Å². The van der Waals surface area contributed by atoms with E-state index in [1.807, 2.05) is 0 Å². The molecule has 2 N–H and O–H groups in total. The van der Waals surface area contributed by atoms with Gasteiger partial charge in [-0.15, -0.1) is 0 Å². The fourth-order valence-electron chi connectivity index (χ4n) is 2.83. The molecule has 0 aliphatic rings.